The number of Topliss-reactive ketones (excluding diaryl/α,β-unsaturated/α-hetero) is 1. The zero-order valence-electron chi connectivity index (χ0n) is 19.7. The highest BCUT2D eigenvalue weighted by Gasteiger charge is 2.68. The molecule has 3 saturated heterocycles. The molecular weight excluding hydrogens is 386 g/mol. The largest absolute Gasteiger partial charge is 0.350 e. The SMILES string of the molecule is CC(=O)C1N[C@@]2(C(=O)NCc3ccccc3)C[C@@H]3CN(CC(C)C)[C@H]([C@H]13)[C@H]2CC(C)C. The quantitative estimate of drug-likeness (QED) is 0.671. The molecule has 4 aliphatic rings. The van der Waals surface area contributed by atoms with E-state index in [0.29, 0.717) is 36.3 Å². The zero-order chi connectivity index (χ0) is 22.3. The molecule has 6 atom stereocenters. The molecule has 170 valence electrons. The highest BCUT2D eigenvalue weighted by Crippen LogP contribution is 2.55. The molecule has 2 N–H and O–H groups in total. The fourth-order valence-electron chi connectivity index (χ4n) is 6.80. The molecule has 0 spiro atoms. The molecule has 4 fully saturated rings. The Bertz CT molecular complexity index is 808. The Balaban J connectivity index is 1.67. The molecule has 31 heavy (non-hydrogen) atoms. The summed E-state index contributed by atoms with van der Waals surface area (Å²) >= 11 is 0. The third kappa shape index (κ3) is 4.07. The number of ketones is 1. The van der Waals surface area contributed by atoms with E-state index in [0.717, 1.165) is 31.5 Å². The summed E-state index contributed by atoms with van der Waals surface area (Å²) < 4.78 is 0. The fraction of sp³-hybridized carbons (Fsp3) is 0.692. The summed E-state index contributed by atoms with van der Waals surface area (Å²) in [5, 5.41) is 6.88. The average Bonchev–Trinajstić information content (AvgIpc) is 3.01. The Kier molecular flexibility index (Phi) is 6.28. The maximum Gasteiger partial charge on any atom is 0.240 e. The van der Waals surface area contributed by atoms with E-state index in [1.54, 1.807) is 6.92 Å². The van der Waals surface area contributed by atoms with Gasteiger partial charge in [0.1, 0.15) is 11.3 Å². The van der Waals surface area contributed by atoms with Crippen LogP contribution in [0.15, 0.2) is 30.3 Å². The molecule has 1 saturated carbocycles. The Morgan fingerprint density at radius 3 is 2.48 bits per heavy atom. The standard InChI is InChI=1S/C26H39N3O2/c1-16(2)11-21-24-22-20(15-29(24)14-17(3)4)12-26(21,28-23(22)18(5)30)25(31)27-13-19-9-7-6-8-10-19/h6-10,16-17,20-24,28H,11-15H2,1-5H3,(H,27,31)/t20-,21-,22+,23?,24+,26+/m1/s1. The molecule has 1 unspecified atom stereocenters. The van der Waals surface area contributed by atoms with Crippen LogP contribution in [0.1, 0.15) is 53.0 Å². The maximum absolute atomic E-state index is 13.9. The summed E-state index contributed by atoms with van der Waals surface area (Å²) in [5.74, 6) is 2.28. The fourth-order valence-corrected chi connectivity index (χ4v) is 6.80. The highest BCUT2D eigenvalue weighted by atomic mass is 16.2. The second kappa shape index (κ2) is 8.67. The summed E-state index contributed by atoms with van der Waals surface area (Å²) in [4.78, 5) is 29.2. The van der Waals surface area contributed by atoms with Crippen molar-refractivity contribution in [2.45, 2.75) is 71.6 Å². The Morgan fingerprint density at radius 1 is 1.16 bits per heavy atom. The topological polar surface area (TPSA) is 61.4 Å². The maximum atomic E-state index is 13.9. The van der Waals surface area contributed by atoms with Crippen LogP contribution in [0.25, 0.3) is 0 Å². The van der Waals surface area contributed by atoms with Gasteiger partial charge in [-0.25, -0.2) is 0 Å². The number of carbonyl (C=O) groups excluding carboxylic acids is 2. The molecule has 5 nitrogen and oxygen atoms in total. The van der Waals surface area contributed by atoms with E-state index in [4.69, 9.17) is 0 Å². The predicted octanol–water partition coefficient (Wildman–Crippen LogP) is 3.24. The highest BCUT2D eigenvalue weighted by molar-refractivity contribution is 5.90. The lowest BCUT2D eigenvalue weighted by Crippen LogP contribution is -2.78. The number of piperidine rings is 2. The van der Waals surface area contributed by atoms with Crippen LogP contribution in [0.4, 0.5) is 0 Å². The van der Waals surface area contributed by atoms with Crippen molar-refractivity contribution in [1.29, 1.82) is 0 Å². The van der Waals surface area contributed by atoms with Gasteiger partial charge in [0.25, 0.3) is 0 Å². The minimum absolute atomic E-state index is 0.0767. The number of amides is 1. The van der Waals surface area contributed by atoms with Crippen LogP contribution in [-0.2, 0) is 16.1 Å². The van der Waals surface area contributed by atoms with Crippen LogP contribution < -0.4 is 10.6 Å². The van der Waals surface area contributed by atoms with Gasteiger partial charge in [0.15, 0.2) is 0 Å². The third-order valence-corrected chi connectivity index (χ3v) is 7.72. The second-order valence-electron chi connectivity index (χ2n) is 11.0. The molecule has 0 aromatic heterocycles. The van der Waals surface area contributed by atoms with Gasteiger partial charge in [0, 0.05) is 37.5 Å². The number of hydrogen-bond acceptors (Lipinski definition) is 4. The monoisotopic (exact) mass is 425 g/mol. The Morgan fingerprint density at radius 2 is 1.87 bits per heavy atom. The Hall–Kier alpha value is -1.72. The van der Waals surface area contributed by atoms with Crippen molar-refractivity contribution >= 4 is 11.7 Å². The number of nitrogens with one attached hydrogen (secondary N) is 2. The molecule has 3 heterocycles. The summed E-state index contributed by atoms with van der Waals surface area (Å²) in [7, 11) is 0. The summed E-state index contributed by atoms with van der Waals surface area (Å²) in [6, 6.07) is 10.2. The van der Waals surface area contributed by atoms with Gasteiger partial charge >= 0.3 is 0 Å². The van der Waals surface area contributed by atoms with Gasteiger partial charge in [0.05, 0.1) is 6.04 Å². The predicted molar refractivity (Wildman–Crippen MR) is 123 cm³/mol. The van der Waals surface area contributed by atoms with Crippen molar-refractivity contribution in [2.75, 3.05) is 13.1 Å². The molecule has 1 aromatic rings. The normalized spacial score (nSPS) is 34.5. The van der Waals surface area contributed by atoms with Crippen molar-refractivity contribution in [1.82, 2.24) is 15.5 Å². The van der Waals surface area contributed by atoms with Gasteiger partial charge in [-0.05, 0) is 43.1 Å². The number of benzene rings is 1. The van der Waals surface area contributed by atoms with Gasteiger partial charge in [-0.1, -0.05) is 58.0 Å². The average molecular weight is 426 g/mol. The van der Waals surface area contributed by atoms with Crippen LogP contribution in [0.3, 0.4) is 0 Å². The van der Waals surface area contributed by atoms with E-state index in [1.807, 2.05) is 30.3 Å². The number of rotatable bonds is 8. The third-order valence-electron chi connectivity index (χ3n) is 7.72. The first-order chi connectivity index (χ1) is 14.7. The summed E-state index contributed by atoms with van der Waals surface area (Å²) in [6.45, 7) is 13.3. The summed E-state index contributed by atoms with van der Waals surface area (Å²) in [6.07, 6.45) is 1.84. The molecule has 1 amide bonds. The number of nitrogens with zero attached hydrogens (tertiary/aromatic N) is 1. The van der Waals surface area contributed by atoms with Crippen LogP contribution >= 0.6 is 0 Å². The molecule has 1 aromatic carbocycles. The second-order valence-corrected chi connectivity index (χ2v) is 11.0. The van der Waals surface area contributed by atoms with E-state index in [9.17, 15) is 9.59 Å². The zero-order valence-corrected chi connectivity index (χ0v) is 19.7. The Labute approximate surface area is 187 Å². The van der Waals surface area contributed by atoms with E-state index >= 15 is 0 Å². The van der Waals surface area contributed by atoms with Crippen molar-refractivity contribution < 1.29 is 9.59 Å². The first kappa shape index (κ1) is 22.5. The van der Waals surface area contributed by atoms with E-state index < -0.39 is 5.54 Å². The lowest BCUT2D eigenvalue weighted by atomic mass is 9.55. The molecule has 5 rings (SSSR count). The summed E-state index contributed by atoms with van der Waals surface area (Å²) in [5.41, 5.74) is 0.440. The first-order valence-corrected chi connectivity index (χ1v) is 12.1. The lowest BCUT2D eigenvalue weighted by molar-refractivity contribution is -0.147. The molecular formula is C26H39N3O2. The molecule has 0 radical (unpaired) electrons. The van der Waals surface area contributed by atoms with E-state index in [1.165, 1.54) is 0 Å². The van der Waals surface area contributed by atoms with Crippen LogP contribution in [0.2, 0.25) is 0 Å². The van der Waals surface area contributed by atoms with Gasteiger partial charge < -0.3 is 5.32 Å². The van der Waals surface area contributed by atoms with Gasteiger partial charge in [-0.15, -0.1) is 0 Å². The number of likely N-dealkylation sites (tertiary alicyclic amines) is 1. The van der Waals surface area contributed by atoms with Crippen LogP contribution in [0, 0.1) is 29.6 Å². The van der Waals surface area contributed by atoms with Crippen molar-refractivity contribution in [2.24, 2.45) is 29.6 Å². The first-order valence-electron chi connectivity index (χ1n) is 12.1. The van der Waals surface area contributed by atoms with E-state index in [2.05, 4.69) is 43.2 Å². The molecule has 5 heteroatoms. The van der Waals surface area contributed by atoms with Gasteiger partial charge in [-0.2, -0.15) is 0 Å². The van der Waals surface area contributed by atoms with Crippen molar-refractivity contribution in [3.05, 3.63) is 35.9 Å². The lowest BCUT2D eigenvalue weighted by Gasteiger charge is -2.59. The van der Waals surface area contributed by atoms with E-state index in [-0.39, 0.29) is 23.7 Å². The number of hydrogen-bond donors (Lipinski definition) is 2. The van der Waals surface area contributed by atoms with Gasteiger partial charge in [-0.3, -0.25) is 19.8 Å². The minimum atomic E-state index is -0.662. The smallest absolute Gasteiger partial charge is 0.240 e. The van der Waals surface area contributed by atoms with Crippen molar-refractivity contribution in [3.8, 4) is 0 Å². The molecule has 3 aliphatic heterocycles. The van der Waals surface area contributed by atoms with Crippen LogP contribution in [-0.4, -0.2) is 47.3 Å². The molecule has 1 aliphatic carbocycles. The number of fused-ring (bicyclic) bond motifs is 1. The molecule has 4 bridgehead atoms. The van der Waals surface area contributed by atoms with Gasteiger partial charge in [0.2, 0.25) is 5.91 Å². The van der Waals surface area contributed by atoms with Crippen LogP contribution in [0.5, 0.6) is 0 Å². The minimum Gasteiger partial charge on any atom is -0.350 e. The number of carbonyl (C=O) groups is 2. The van der Waals surface area contributed by atoms with Crippen molar-refractivity contribution in [3.63, 3.8) is 0 Å².